The second-order valence-electron chi connectivity index (χ2n) is 4.26. The van der Waals surface area contributed by atoms with Crippen molar-refractivity contribution in [1.29, 1.82) is 0 Å². The number of ketones is 1. The Morgan fingerprint density at radius 1 is 1.26 bits per heavy atom. The lowest BCUT2D eigenvalue weighted by atomic mass is 10.1. The van der Waals surface area contributed by atoms with Gasteiger partial charge in [0.05, 0.1) is 11.5 Å². The summed E-state index contributed by atoms with van der Waals surface area (Å²) < 4.78 is 45.9. The van der Waals surface area contributed by atoms with Crippen molar-refractivity contribution in [2.45, 2.75) is 6.42 Å². The largest absolute Gasteiger partial charge is 0.298 e. The Morgan fingerprint density at radius 3 is 2.37 bits per heavy atom. The maximum Gasteiger partial charge on any atom is 0.149 e. The molecule has 1 aromatic carbocycles. The quantitative estimate of drug-likeness (QED) is 0.745. The van der Waals surface area contributed by atoms with Crippen LogP contribution in [0, 0.1) is 5.82 Å². The van der Waals surface area contributed by atoms with Crippen LogP contribution in [0.1, 0.15) is 5.56 Å². The van der Waals surface area contributed by atoms with Gasteiger partial charge in [-0.1, -0.05) is 12.1 Å². The van der Waals surface area contributed by atoms with E-state index in [0.29, 0.717) is 5.56 Å². The fraction of sp³-hybridized carbons (Fsp3) is 0.417. The van der Waals surface area contributed by atoms with Crippen LogP contribution in [0.3, 0.4) is 0 Å². The van der Waals surface area contributed by atoms with Crippen molar-refractivity contribution in [1.82, 2.24) is 0 Å². The van der Waals surface area contributed by atoms with Gasteiger partial charge < -0.3 is 0 Å². The Kier molecular flexibility index (Phi) is 5.81. The number of hydrogen-bond donors (Lipinski definition) is 0. The third-order valence-corrected chi connectivity index (χ3v) is 4.83. The van der Waals surface area contributed by atoms with E-state index in [1.54, 1.807) is 0 Å². The second kappa shape index (κ2) is 6.91. The molecule has 0 N–H and O–H groups in total. The molecule has 0 saturated heterocycles. The van der Waals surface area contributed by atoms with E-state index < -0.39 is 20.6 Å². The maximum absolute atomic E-state index is 12.7. The number of carbonyl (C=O) groups excluding carboxylic acids is 1. The Hall–Kier alpha value is -1.08. The Labute approximate surface area is 114 Å². The summed E-state index contributed by atoms with van der Waals surface area (Å²) in [7, 11) is -4.64. The minimum absolute atomic E-state index is 0.0337. The molecule has 4 nitrogen and oxygen atoms in total. The summed E-state index contributed by atoms with van der Waals surface area (Å²) in [6.07, 6.45) is 1.13. The molecule has 0 bridgehead atoms. The van der Waals surface area contributed by atoms with E-state index in [4.69, 9.17) is 0 Å². The highest BCUT2D eigenvalue weighted by atomic mass is 32.2. The molecule has 106 valence electrons. The second-order valence-corrected chi connectivity index (χ2v) is 8.10. The number of sulfone groups is 1. The summed E-state index contributed by atoms with van der Waals surface area (Å²) in [6, 6.07) is 5.49. The molecule has 0 fully saturated rings. The smallest absolute Gasteiger partial charge is 0.149 e. The van der Waals surface area contributed by atoms with Gasteiger partial charge in [-0.2, -0.15) is 0 Å². The van der Waals surface area contributed by atoms with Crippen molar-refractivity contribution >= 4 is 26.4 Å². The zero-order chi connectivity index (χ0) is 14.5. The van der Waals surface area contributed by atoms with Gasteiger partial charge in [0.1, 0.15) is 21.4 Å². The van der Waals surface area contributed by atoms with Gasteiger partial charge in [0.15, 0.2) is 0 Å². The fourth-order valence-electron chi connectivity index (χ4n) is 1.38. The van der Waals surface area contributed by atoms with Gasteiger partial charge in [0.2, 0.25) is 0 Å². The molecule has 0 aliphatic carbocycles. The molecule has 1 unspecified atom stereocenters. The van der Waals surface area contributed by atoms with E-state index in [-0.39, 0.29) is 35.3 Å². The number of halogens is 1. The SMILES string of the molecule is CS(=O)(=O)CCS(=O)CC(=O)Cc1ccc(F)cc1. The predicted molar refractivity (Wildman–Crippen MR) is 72.7 cm³/mol. The molecular formula is C12H15FO4S2. The number of benzene rings is 1. The van der Waals surface area contributed by atoms with E-state index in [2.05, 4.69) is 0 Å². The topological polar surface area (TPSA) is 68.3 Å². The van der Waals surface area contributed by atoms with Gasteiger partial charge in [-0.3, -0.25) is 9.00 Å². The van der Waals surface area contributed by atoms with Crippen molar-refractivity contribution in [3.05, 3.63) is 35.6 Å². The lowest BCUT2D eigenvalue weighted by molar-refractivity contribution is -0.116. The van der Waals surface area contributed by atoms with E-state index in [1.807, 2.05) is 0 Å². The van der Waals surface area contributed by atoms with Crippen LogP contribution in [-0.4, -0.2) is 41.9 Å². The monoisotopic (exact) mass is 306 g/mol. The molecule has 0 aliphatic heterocycles. The lowest BCUT2D eigenvalue weighted by Crippen LogP contribution is -2.19. The zero-order valence-electron chi connectivity index (χ0n) is 10.5. The minimum Gasteiger partial charge on any atom is -0.298 e. The van der Waals surface area contributed by atoms with Crippen LogP contribution in [-0.2, 0) is 31.9 Å². The predicted octanol–water partition coefficient (Wildman–Crippen LogP) is 0.731. The summed E-state index contributed by atoms with van der Waals surface area (Å²) in [5, 5.41) is 0. The standard InChI is InChI=1S/C12H15FO4S2/c1-19(16,17)7-6-18(15)9-12(14)8-10-2-4-11(13)5-3-10/h2-5H,6-9H2,1H3. The summed E-state index contributed by atoms with van der Waals surface area (Å²) in [5.41, 5.74) is 0.645. The van der Waals surface area contributed by atoms with Crippen LogP contribution in [0.2, 0.25) is 0 Å². The normalized spacial score (nSPS) is 13.2. The Bertz CT molecular complexity index is 564. The molecule has 0 radical (unpaired) electrons. The number of Topliss-reactive ketones (excluding diaryl/α,β-unsaturated/α-hetero) is 1. The van der Waals surface area contributed by atoms with E-state index in [1.165, 1.54) is 24.3 Å². The highest BCUT2D eigenvalue weighted by Gasteiger charge is 2.11. The third-order valence-electron chi connectivity index (χ3n) is 2.32. The summed E-state index contributed by atoms with van der Waals surface area (Å²) >= 11 is 0. The molecule has 0 heterocycles. The van der Waals surface area contributed by atoms with Gasteiger partial charge >= 0.3 is 0 Å². The molecule has 1 aromatic rings. The van der Waals surface area contributed by atoms with E-state index >= 15 is 0 Å². The molecule has 1 rings (SSSR count). The van der Waals surface area contributed by atoms with Gasteiger partial charge in [-0.15, -0.1) is 0 Å². The van der Waals surface area contributed by atoms with Crippen molar-refractivity contribution in [3.8, 4) is 0 Å². The van der Waals surface area contributed by atoms with E-state index in [9.17, 15) is 21.8 Å². The first-order valence-electron chi connectivity index (χ1n) is 5.55. The third kappa shape index (κ3) is 7.17. The summed E-state index contributed by atoms with van der Waals surface area (Å²) in [6.45, 7) is 0. The van der Waals surface area contributed by atoms with Gasteiger partial charge in [0.25, 0.3) is 0 Å². The Morgan fingerprint density at radius 2 is 1.84 bits per heavy atom. The molecule has 0 aromatic heterocycles. The molecule has 19 heavy (non-hydrogen) atoms. The van der Waals surface area contributed by atoms with E-state index in [0.717, 1.165) is 6.26 Å². The van der Waals surface area contributed by atoms with Gasteiger partial charge in [0, 0.05) is 29.2 Å². The van der Waals surface area contributed by atoms with Gasteiger partial charge in [-0.25, -0.2) is 12.8 Å². The average molecular weight is 306 g/mol. The Balaban J connectivity index is 2.43. The average Bonchev–Trinajstić information content (AvgIpc) is 2.29. The van der Waals surface area contributed by atoms with Crippen LogP contribution in [0.5, 0.6) is 0 Å². The first kappa shape index (κ1) is 16.0. The molecule has 0 amide bonds. The zero-order valence-corrected chi connectivity index (χ0v) is 12.1. The molecule has 7 heteroatoms. The van der Waals surface area contributed by atoms with Crippen molar-refractivity contribution in [2.75, 3.05) is 23.5 Å². The highest BCUT2D eigenvalue weighted by molar-refractivity contribution is 7.92. The van der Waals surface area contributed by atoms with Crippen molar-refractivity contribution in [3.63, 3.8) is 0 Å². The molecule has 0 aliphatic rings. The molecule has 1 atom stereocenters. The summed E-state index contributed by atoms with van der Waals surface area (Å²) in [5.74, 6) is -1.03. The first-order chi connectivity index (χ1) is 8.76. The minimum atomic E-state index is -3.16. The number of hydrogen-bond acceptors (Lipinski definition) is 4. The lowest BCUT2D eigenvalue weighted by Gasteiger charge is -2.02. The fourth-order valence-corrected chi connectivity index (χ4v) is 3.94. The van der Waals surface area contributed by atoms with Gasteiger partial charge in [-0.05, 0) is 17.7 Å². The summed E-state index contributed by atoms with van der Waals surface area (Å²) in [4.78, 5) is 11.6. The molecule has 0 spiro atoms. The van der Waals surface area contributed by atoms with Crippen molar-refractivity contribution in [2.24, 2.45) is 0 Å². The van der Waals surface area contributed by atoms with Crippen LogP contribution >= 0.6 is 0 Å². The van der Waals surface area contributed by atoms with Crippen LogP contribution in [0.15, 0.2) is 24.3 Å². The van der Waals surface area contributed by atoms with Crippen molar-refractivity contribution < 1.29 is 21.8 Å². The first-order valence-corrected chi connectivity index (χ1v) is 9.10. The van der Waals surface area contributed by atoms with Crippen LogP contribution in [0.4, 0.5) is 4.39 Å². The van der Waals surface area contributed by atoms with Crippen LogP contribution < -0.4 is 0 Å². The highest BCUT2D eigenvalue weighted by Crippen LogP contribution is 2.04. The number of rotatable bonds is 7. The molecule has 0 saturated carbocycles. The maximum atomic E-state index is 12.7. The number of carbonyl (C=O) groups is 1. The molecular weight excluding hydrogens is 291 g/mol. The van der Waals surface area contributed by atoms with Crippen LogP contribution in [0.25, 0.3) is 0 Å².